The number of rotatable bonds is 8. The Morgan fingerprint density at radius 2 is 1.81 bits per heavy atom. The number of piperazine rings is 2. The summed E-state index contributed by atoms with van der Waals surface area (Å²) in [6, 6.07) is 9.80. The van der Waals surface area contributed by atoms with Crippen molar-refractivity contribution in [3.8, 4) is 11.3 Å². The largest absolute Gasteiger partial charge is 0.368 e. The molecule has 2 saturated heterocycles. The monoisotopic (exact) mass is 656 g/mol. The molecule has 10 nitrogen and oxygen atoms in total. The molecule has 48 heavy (non-hydrogen) atoms. The number of anilines is 2. The maximum atomic E-state index is 16.1. The predicted molar refractivity (Wildman–Crippen MR) is 184 cm³/mol. The topological polar surface area (TPSA) is 102 Å². The zero-order chi connectivity index (χ0) is 34.1. The maximum Gasteiger partial charge on any atom is 0.348 e. The van der Waals surface area contributed by atoms with Gasteiger partial charge in [-0.3, -0.25) is 19.7 Å². The van der Waals surface area contributed by atoms with Crippen LogP contribution in [-0.2, 0) is 11.2 Å². The number of pyridine rings is 2. The molecule has 1 aromatic carbocycles. The summed E-state index contributed by atoms with van der Waals surface area (Å²) in [6.45, 7) is 16.2. The first-order valence-corrected chi connectivity index (χ1v) is 16.5. The minimum Gasteiger partial charge on any atom is -0.368 e. The number of aromatic amines is 1. The Labute approximate surface area is 279 Å². The van der Waals surface area contributed by atoms with E-state index in [9.17, 15) is 9.59 Å². The second-order valence-electron chi connectivity index (χ2n) is 13.1. The number of halogens is 2. The minimum atomic E-state index is -0.720. The summed E-state index contributed by atoms with van der Waals surface area (Å²) in [4.78, 5) is 49.0. The summed E-state index contributed by atoms with van der Waals surface area (Å²) in [5.41, 5.74) is 2.25. The second kappa shape index (κ2) is 13.8. The fourth-order valence-corrected chi connectivity index (χ4v) is 6.76. The molecule has 252 valence electrons. The Morgan fingerprint density at radius 1 is 1.04 bits per heavy atom. The fraction of sp³-hybridized carbons (Fsp3) is 0.417. The van der Waals surface area contributed by atoms with E-state index < -0.39 is 17.3 Å². The molecule has 5 heterocycles. The highest BCUT2D eigenvalue weighted by Crippen LogP contribution is 2.37. The van der Waals surface area contributed by atoms with Crippen LogP contribution in [0.1, 0.15) is 44.9 Å². The molecule has 4 aromatic rings. The van der Waals surface area contributed by atoms with Gasteiger partial charge in [0.2, 0.25) is 5.91 Å². The number of hydrogen-bond donors (Lipinski definition) is 1. The average molecular weight is 657 g/mol. The molecule has 1 amide bonds. The number of carbonyl (C=O) groups excluding carboxylic acids is 1. The first kappa shape index (κ1) is 33.2. The molecule has 0 saturated carbocycles. The van der Waals surface area contributed by atoms with E-state index in [0.717, 1.165) is 31.7 Å². The molecular weight excluding hydrogens is 614 g/mol. The standard InChI is InChI=1S/C36H42F2N8O2/c1-6-31(47)45-20-24(5)46(21-23(45)4)35-26-19-28(38)33(40-34(26)41-36(48)42-35)32-27(37)8-7-9-30(32)44-16-14-43(15-17-44)13-11-25-10-12-39-29(18-25)22(2)3/h6-10,12,18-19,22-24H,1,11,13-17,20-21H2,2-5H3,(H,40,41,42,48)/t23-,24+/m1/s1. The molecule has 3 aromatic heterocycles. The lowest BCUT2D eigenvalue weighted by Crippen LogP contribution is -2.58. The van der Waals surface area contributed by atoms with Gasteiger partial charge in [-0.25, -0.2) is 18.6 Å². The van der Waals surface area contributed by atoms with Crippen LogP contribution in [0.2, 0.25) is 0 Å². The Kier molecular flexibility index (Phi) is 9.54. The van der Waals surface area contributed by atoms with Gasteiger partial charge >= 0.3 is 5.69 Å². The Morgan fingerprint density at radius 3 is 2.54 bits per heavy atom. The molecule has 0 radical (unpaired) electrons. The van der Waals surface area contributed by atoms with Crippen molar-refractivity contribution in [2.24, 2.45) is 0 Å². The van der Waals surface area contributed by atoms with Crippen molar-refractivity contribution in [2.75, 3.05) is 55.6 Å². The number of hydrogen-bond acceptors (Lipinski definition) is 8. The van der Waals surface area contributed by atoms with E-state index in [4.69, 9.17) is 0 Å². The normalized spacial score (nSPS) is 18.9. The van der Waals surface area contributed by atoms with Gasteiger partial charge < -0.3 is 14.7 Å². The van der Waals surface area contributed by atoms with Crippen LogP contribution >= 0.6 is 0 Å². The molecule has 2 fully saturated rings. The van der Waals surface area contributed by atoms with Crippen molar-refractivity contribution in [3.63, 3.8) is 0 Å². The molecule has 0 aliphatic carbocycles. The van der Waals surface area contributed by atoms with Crippen LogP contribution in [0, 0.1) is 11.6 Å². The van der Waals surface area contributed by atoms with Gasteiger partial charge in [0.25, 0.3) is 0 Å². The highest BCUT2D eigenvalue weighted by Gasteiger charge is 2.33. The summed E-state index contributed by atoms with van der Waals surface area (Å²) < 4.78 is 31.7. The van der Waals surface area contributed by atoms with Crippen LogP contribution in [0.4, 0.5) is 20.3 Å². The van der Waals surface area contributed by atoms with Gasteiger partial charge in [0.05, 0.1) is 10.9 Å². The zero-order valence-electron chi connectivity index (χ0n) is 27.9. The van der Waals surface area contributed by atoms with Crippen molar-refractivity contribution >= 4 is 28.4 Å². The second-order valence-corrected chi connectivity index (χ2v) is 13.1. The van der Waals surface area contributed by atoms with Gasteiger partial charge in [-0.2, -0.15) is 4.98 Å². The van der Waals surface area contributed by atoms with E-state index in [1.807, 2.05) is 24.9 Å². The molecule has 0 bridgehead atoms. The Balaban J connectivity index is 1.25. The summed E-state index contributed by atoms with van der Waals surface area (Å²) in [5, 5.41) is 0.305. The van der Waals surface area contributed by atoms with E-state index in [2.05, 4.69) is 62.3 Å². The van der Waals surface area contributed by atoms with Crippen molar-refractivity contribution in [1.82, 2.24) is 29.7 Å². The van der Waals surface area contributed by atoms with Crippen LogP contribution in [0.15, 0.2) is 60.0 Å². The third kappa shape index (κ3) is 6.66. The molecule has 6 rings (SSSR count). The van der Waals surface area contributed by atoms with Gasteiger partial charge in [0.1, 0.15) is 23.0 Å². The van der Waals surface area contributed by atoms with E-state index in [1.54, 1.807) is 17.0 Å². The SMILES string of the molecule is C=CC(=O)N1C[C@H](C)N(c2nc(=O)[nH]c3nc(-c4c(F)cccc4N4CCN(CCc5ccnc(C(C)C)c5)CC4)c(F)cc23)C[C@H]1C. The van der Waals surface area contributed by atoms with E-state index >= 15 is 8.78 Å². The smallest absolute Gasteiger partial charge is 0.348 e. The Hall–Kier alpha value is -4.71. The van der Waals surface area contributed by atoms with E-state index in [0.29, 0.717) is 43.2 Å². The molecule has 12 heteroatoms. The van der Waals surface area contributed by atoms with Crippen molar-refractivity contribution in [1.29, 1.82) is 0 Å². The molecular formula is C36H42F2N8O2. The van der Waals surface area contributed by atoms with Crippen molar-refractivity contribution in [2.45, 2.75) is 52.1 Å². The van der Waals surface area contributed by atoms with Crippen LogP contribution < -0.4 is 15.5 Å². The molecule has 0 spiro atoms. The number of fused-ring (bicyclic) bond motifs is 1. The van der Waals surface area contributed by atoms with Crippen LogP contribution in [0.5, 0.6) is 0 Å². The van der Waals surface area contributed by atoms with Gasteiger partial charge in [-0.15, -0.1) is 0 Å². The molecule has 2 aliphatic heterocycles. The van der Waals surface area contributed by atoms with Crippen LogP contribution in [0.25, 0.3) is 22.3 Å². The predicted octanol–water partition coefficient (Wildman–Crippen LogP) is 4.76. The zero-order valence-corrected chi connectivity index (χ0v) is 27.9. The van der Waals surface area contributed by atoms with Gasteiger partial charge in [-0.05, 0) is 68.2 Å². The number of nitrogens with one attached hydrogen (secondary N) is 1. The molecule has 2 atom stereocenters. The Bertz CT molecular complexity index is 1890. The van der Waals surface area contributed by atoms with Crippen LogP contribution in [0.3, 0.4) is 0 Å². The van der Waals surface area contributed by atoms with Gasteiger partial charge in [0.15, 0.2) is 5.82 Å². The first-order valence-electron chi connectivity index (χ1n) is 16.5. The summed E-state index contributed by atoms with van der Waals surface area (Å²) >= 11 is 0. The van der Waals surface area contributed by atoms with Crippen molar-refractivity contribution in [3.05, 3.63) is 88.6 Å². The maximum absolute atomic E-state index is 16.1. The van der Waals surface area contributed by atoms with Gasteiger partial charge in [-0.1, -0.05) is 26.5 Å². The number of benzene rings is 1. The lowest BCUT2D eigenvalue weighted by atomic mass is 10.0. The van der Waals surface area contributed by atoms with Crippen LogP contribution in [-0.4, -0.2) is 93.5 Å². The number of aromatic nitrogens is 4. The van der Waals surface area contributed by atoms with E-state index in [-0.39, 0.29) is 40.7 Å². The minimum absolute atomic E-state index is 0.0566. The van der Waals surface area contributed by atoms with E-state index in [1.165, 1.54) is 23.8 Å². The third-order valence-corrected chi connectivity index (χ3v) is 9.46. The lowest BCUT2D eigenvalue weighted by molar-refractivity contribution is -0.128. The number of nitrogens with zero attached hydrogens (tertiary/aromatic N) is 7. The molecule has 2 aliphatic rings. The number of amides is 1. The quantitative estimate of drug-likeness (QED) is 0.271. The fourth-order valence-electron chi connectivity index (χ4n) is 6.76. The summed E-state index contributed by atoms with van der Waals surface area (Å²) in [7, 11) is 0. The molecule has 0 unspecified atom stereocenters. The average Bonchev–Trinajstić information content (AvgIpc) is 3.08. The lowest BCUT2D eigenvalue weighted by Gasteiger charge is -2.44. The van der Waals surface area contributed by atoms with Gasteiger partial charge in [0, 0.05) is 75.5 Å². The highest BCUT2D eigenvalue weighted by atomic mass is 19.1. The number of H-pyrrole nitrogens is 1. The third-order valence-electron chi connectivity index (χ3n) is 9.46. The highest BCUT2D eigenvalue weighted by molar-refractivity contribution is 5.91. The summed E-state index contributed by atoms with van der Waals surface area (Å²) in [6.07, 6.45) is 4.06. The number of carbonyl (C=O) groups is 1. The first-order chi connectivity index (χ1) is 23.0. The summed E-state index contributed by atoms with van der Waals surface area (Å²) in [5.74, 6) is -0.849. The molecule has 1 N–H and O–H groups in total. The van der Waals surface area contributed by atoms with Crippen molar-refractivity contribution < 1.29 is 13.6 Å².